The van der Waals surface area contributed by atoms with Gasteiger partial charge in [-0.05, 0) is 38.8 Å². The number of rotatable bonds is 1. The second-order valence-corrected chi connectivity index (χ2v) is 7.50. The average molecular weight is 340 g/mol. The van der Waals surface area contributed by atoms with Crippen molar-refractivity contribution in [2.45, 2.75) is 103 Å². The normalized spacial score (nSPS) is 24.8. The Balaban J connectivity index is 2.26. The van der Waals surface area contributed by atoms with Gasteiger partial charge >= 0.3 is 5.97 Å². The van der Waals surface area contributed by atoms with E-state index in [1.54, 1.807) is 0 Å². The Morgan fingerprint density at radius 1 is 0.667 bits per heavy atom. The molecular weight excluding hydrogens is 298 g/mol. The lowest BCUT2D eigenvalue weighted by atomic mass is 9.94. The first-order valence-corrected chi connectivity index (χ1v) is 10.6. The minimum Gasteiger partial charge on any atom is -0.469 e. The molecule has 0 aromatic carbocycles. The van der Waals surface area contributed by atoms with Crippen LogP contribution in [0.1, 0.15) is 103 Å². The zero-order valence-corrected chi connectivity index (χ0v) is 16.1. The van der Waals surface area contributed by atoms with Crippen LogP contribution in [0.4, 0.5) is 0 Å². The van der Waals surface area contributed by atoms with E-state index in [-0.39, 0.29) is 11.9 Å². The molecule has 3 heteroatoms. The Labute approximate surface area is 150 Å². The number of carbonyl (C=O) groups excluding carboxylic acids is 1. The molecule has 1 aliphatic rings. The summed E-state index contributed by atoms with van der Waals surface area (Å²) in [7, 11) is 1.53. The first-order valence-electron chi connectivity index (χ1n) is 10.6. The highest BCUT2D eigenvalue weighted by Gasteiger charge is 2.18. The van der Waals surface area contributed by atoms with Crippen molar-refractivity contribution >= 4 is 5.97 Å². The second-order valence-electron chi connectivity index (χ2n) is 7.50. The Kier molecular flexibility index (Phi) is 14.3. The molecule has 0 spiro atoms. The molecule has 142 valence electrons. The zero-order chi connectivity index (χ0) is 17.3. The van der Waals surface area contributed by atoms with Crippen molar-refractivity contribution in [3.05, 3.63) is 0 Å². The highest BCUT2D eigenvalue weighted by Crippen LogP contribution is 2.20. The number of nitrogens with one attached hydrogen (secondary N) is 1. The van der Waals surface area contributed by atoms with Gasteiger partial charge in [-0.25, -0.2) is 0 Å². The van der Waals surface area contributed by atoms with Crippen molar-refractivity contribution in [3.63, 3.8) is 0 Å². The molecule has 0 aliphatic carbocycles. The summed E-state index contributed by atoms with van der Waals surface area (Å²) in [5, 5.41) is 3.56. The maximum atomic E-state index is 11.9. The SMILES string of the molecule is COC(=O)C1CCCCCCCCCCCCCNCCCCC1. The summed E-state index contributed by atoms with van der Waals surface area (Å²) in [6.45, 7) is 2.30. The van der Waals surface area contributed by atoms with Crippen LogP contribution in [0.3, 0.4) is 0 Å². The number of hydrogen-bond donors (Lipinski definition) is 1. The van der Waals surface area contributed by atoms with E-state index in [4.69, 9.17) is 4.74 Å². The predicted molar refractivity (Wildman–Crippen MR) is 102 cm³/mol. The summed E-state index contributed by atoms with van der Waals surface area (Å²) in [6.07, 6.45) is 20.5. The molecule has 1 rings (SSSR count). The van der Waals surface area contributed by atoms with Crippen molar-refractivity contribution in [2.75, 3.05) is 20.2 Å². The third-order valence-electron chi connectivity index (χ3n) is 5.35. The molecule has 1 unspecified atom stereocenters. The van der Waals surface area contributed by atoms with Crippen molar-refractivity contribution < 1.29 is 9.53 Å². The Morgan fingerprint density at radius 3 is 1.50 bits per heavy atom. The van der Waals surface area contributed by atoms with Crippen molar-refractivity contribution in [2.24, 2.45) is 5.92 Å². The number of carbonyl (C=O) groups is 1. The summed E-state index contributed by atoms with van der Waals surface area (Å²) in [5.74, 6) is 0.142. The lowest BCUT2D eigenvalue weighted by molar-refractivity contribution is -0.146. The van der Waals surface area contributed by atoms with E-state index in [9.17, 15) is 4.79 Å². The summed E-state index contributed by atoms with van der Waals surface area (Å²) >= 11 is 0. The van der Waals surface area contributed by atoms with Gasteiger partial charge in [-0.3, -0.25) is 4.79 Å². The fraction of sp³-hybridized carbons (Fsp3) is 0.952. The van der Waals surface area contributed by atoms with Crippen LogP contribution in [-0.2, 0) is 9.53 Å². The van der Waals surface area contributed by atoms with Crippen LogP contribution in [0, 0.1) is 5.92 Å². The largest absolute Gasteiger partial charge is 0.469 e. The van der Waals surface area contributed by atoms with E-state index >= 15 is 0 Å². The molecule has 0 bridgehead atoms. The topological polar surface area (TPSA) is 38.3 Å². The van der Waals surface area contributed by atoms with Crippen LogP contribution in [0.15, 0.2) is 0 Å². The number of ether oxygens (including phenoxy) is 1. The van der Waals surface area contributed by atoms with Crippen molar-refractivity contribution in [3.8, 4) is 0 Å². The molecule has 1 saturated heterocycles. The smallest absolute Gasteiger partial charge is 0.308 e. The van der Waals surface area contributed by atoms with Gasteiger partial charge in [0.05, 0.1) is 13.0 Å². The first kappa shape index (κ1) is 21.5. The summed E-state index contributed by atoms with van der Waals surface area (Å²) in [4.78, 5) is 11.9. The van der Waals surface area contributed by atoms with Gasteiger partial charge in [0.1, 0.15) is 0 Å². The van der Waals surface area contributed by atoms with Crippen LogP contribution in [0.5, 0.6) is 0 Å². The van der Waals surface area contributed by atoms with Crippen molar-refractivity contribution in [1.82, 2.24) is 5.32 Å². The molecular formula is C21H41NO2. The fourth-order valence-electron chi connectivity index (χ4n) is 3.72. The fourth-order valence-corrected chi connectivity index (χ4v) is 3.72. The molecule has 24 heavy (non-hydrogen) atoms. The third kappa shape index (κ3) is 11.9. The third-order valence-corrected chi connectivity index (χ3v) is 5.35. The van der Waals surface area contributed by atoms with Crippen LogP contribution in [0.25, 0.3) is 0 Å². The lowest BCUT2D eigenvalue weighted by Crippen LogP contribution is -2.18. The standard InChI is InChI=1S/C21H41NO2/c1-24-21(23)20-16-12-9-7-5-3-2-4-6-8-10-14-18-22-19-15-11-13-17-20/h20,22H,2-19H2,1H3. The van der Waals surface area contributed by atoms with E-state index in [0.29, 0.717) is 0 Å². The molecule has 1 atom stereocenters. The van der Waals surface area contributed by atoms with E-state index in [1.807, 2.05) is 0 Å². The molecule has 0 aromatic rings. The maximum Gasteiger partial charge on any atom is 0.308 e. The summed E-state index contributed by atoms with van der Waals surface area (Å²) < 4.78 is 5.00. The highest BCUT2D eigenvalue weighted by atomic mass is 16.5. The van der Waals surface area contributed by atoms with Gasteiger partial charge in [0, 0.05) is 0 Å². The molecule has 0 amide bonds. The molecule has 1 N–H and O–H groups in total. The molecule has 3 nitrogen and oxygen atoms in total. The van der Waals surface area contributed by atoms with E-state index in [1.165, 1.54) is 97.1 Å². The van der Waals surface area contributed by atoms with Crippen LogP contribution >= 0.6 is 0 Å². The number of hydrogen-bond acceptors (Lipinski definition) is 3. The average Bonchev–Trinajstić information content (AvgIpc) is 2.60. The maximum absolute atomic E-state index is 11.9. The minimum absolute atomic E-state index is 0.00951. The van der Waals surface area contributed by atoms with Gasteiger partial charge in [0.15, 0.2) is 0 Å². The van der Waals surface area contributed by atoms with Gasteiger partial charge < -0.3 is 10.1 Å². The molecule has 1 heterocycles. The Bertz CT molecular complexity index is 274. The van der Waals surface area contributed by atoms with Gasteiger partial charge in [-0.15, -0.1) is 0 Å². The van der Waals surface area contributed by atoms with E-state index in [0.717, 1.165) is 25.8 Å². The molecule has 0 radical (unpaired) electrons. The van der Waals surface area contributed by atoms with Crippen LogP contribution in [-0.4, -0.2) is 26.2 Å². The predicted octanol–water partition coefficient (Wildman–Crippen LogP) is 5.62. The van der Waals surface area contributed by atoms with Crippen LogP contribution in [0.2, 0.25) is 0 Å². The first-order chi connectivity index (χ1) is 11.8. The monoisotopic (exact) mass is 339 g/mol. The number of methoxy groups -OCH3 is 1. The Morgan fingerprint density at radius 2 is 1.04 bits per heavy atom. The molecule has 0 aromatic heterocycles. The molecule has 0 saturated carbocycles. The summed E-state index contributed by atoms with van der Waals surface area (Å²) in [5.41, 5.74) is 0. The number of esters is 1. The lowest BCUT2D eigenvalue weighted by Gasteiger charge is -2.14. The van der Waals surface area contributed by atoms with Gasteiger partial charge in [0.25, 0.3) is 0 Å². The minimum atomic E-state index is 0.00951. The molecule has 1 fully saturated rings. The highest BCUT2D eigenvalue weighted by molar-refractivity contribution is 5.72. The molecule has 1 aliphatic heterocycles. The van der Waals surface area contributed by atoms with E-state index < -0.39 is 0 Å². The Hall–Kier alpha value is -0.570. The second kappa shape index (κ2) is 15.9. The van der Waals surface area contributed by atoms with Gasteiger partial charge in [0.2, 0.25) is 0 Å². The van der Waals surface area contributed by atoms with E-state index in [2.05, 4.69) is 5.32 Å². The van der Waals surface area contributed by atoms with Gasteiger partial charge in [-0.1, -0.05) is 77.0 Å². The quantitative estimate of drug-likeness (QED) is 0.630. The van der Waals surface area contributed by atoms with Crippen molar-refractivity contribution in [1.29, 1.82) is 0 Å². The zero-order valence-electron chi connectivity index (χ0n) is 16.1. The summed E-state index contributed by atoms with van der Waals surface area (Å²) in [6, 6.07) is 0. The van der Waals surface area contributed by atoms with Crippen LogP contribution < -0.4 is 5.32 Å². The van der Waals surface area contributed by atoms with Gasteiger partial charge in [-0.2, -0.15) is 0 Å².